The van der Waals surface area contributed by atoms with Crippen molar-refractivity contribution in [3.8, 4) is 0 Å². The normalized spacial score (nSPS) is 21.2. The zero-order valence-corrected chi connectivity index (χ0v) is 9.05. The minimum absolute atomic E-state index is 0.165. The Morgan fingerprint density at radius 1 is 1.50 bits per heavy atom. The lowest BCUT2D eigenvalue weighted by Gasteiger charge is -2.01. The van der Waals surface area contributed by atoms with Gasteiger partial charge in [-0.2, -0.15) is 0 Å². The zero-order valence-electron chi connectivity index (χ0n) is 7.48. The first-order valence-electron chi connectivity index (χ1n) is 3.97. The Hall–Kier alpha value is -1.41. The van der Waals surface area contributed by atoms with Crippen LogP contribution in [0.25, 0.3) is 0 Å². The van der Waals surface area contributed by atoms with Crippen LogP contribution in [0, 0.1) is 10.1 Å². The van der Waals surface area contributed by atoms with Crippen molar-refractivity contribution in [3.63, 3.8) is 0 Å². The number of fused-ring (bicyclic) bond motifs is 1. The number of hydrogen-bond acceptors (Lipinski definition) is 4. The van der Waals surface area contributed by atoms with Crippen molar-refractivity contribution in [1.29, 1.82) is 0 Å². The van der Waals surface area contributed by atoms with Crippen LogP contribution in [0.4, 0.5) is 15.8 Å². The van der Waals surface area contributed by atoms with Crippen LogP contribution in [-0.2, 0) is 10.0 Å². The molecule has 1 heterocycles. The second-order valence-electron chi connectivity index (χ2n) is 3.08. The molecule has 1 N–H and O–H groups in total. The first kappa shape index (κ1) is 11.1. The van der Waals surface area contributed by atoms with E-state index in [9.17, 15) is 22.9 Å². The fraction of sp³-hybridized carbons (Fsp3) is 0.143. The number of sulfonamides is 1. The van der Waals surface area contributed by atoms with Gasteiger partial charge in [0, 0.05) is 6.07 Å². The van der Waals surface area contributed by atoms with Crippen LogP contribution in [0.15, 0.2) is 12.1 Å². The first-order valence-corrected chi connectivity index (χ1v) is 5.89. The number of nitro groups is 1. The van der Waals surface area contributed by atoms with E-state index in [2.05, 4.69) is 0 Å². The molecule has 1 atom stereocenters. The summed E-state index contributed by atoms with van der Waals surface area (Å²) in [4.78, 5) is 9.79. The van der Waals surface area contributed by atoms with Gasteiger partial charge in [-0.3, -0.25) is 14.8 Å². The number of benzene rings is 1. The number of rotatable bonds is 1. The van der Waals surface area contributed by atoms with Crippen LogP contribution >= 0.6 is 11.6 Å². The molecule has 0 saturated carbocycles. The lowest BCUT2D eigenvalue weighted by molar-refractivity contribution is -0.383. The number of halogens is 2. The van der Waals surface area contributed by atoms with Crippen LogP contribution in [0.3, 0.4) is 0 Å². The van der Waals surface area contributed by atoms with Crippen LogP contribution < -0.4 is 4.72 Å². The molecule has 1 aromatic rings. The largest absolute Gasteiger partial charge is 0.293 e. The number of hydrogen-bond donors (Lipinski definition) is 1. The van der Waals surface area contributed by atoms with Gasteiger partial charge in [0.05, 0.1) is 15.5 Å². The number of nitro benzene ring substituents is 1. The van der Waals surface area contributed by atoms with Crippen molar-refractivity contribution < 1.29 is 17.7 Å². The summed E-state index contributed by atoms with van der Waals surface area (Å²) in [6, 6.07) is 2.11. The fourth-order valence-electron chi connectivity index (χ4n) is 1.41. The average molecular weight is 267 g/mol. The van der Waals surface area contributed by atoms with Gasteiger partial charge in [0.25, 0.3) is 15.7 Å². The minimum Gasteiger partial charge on any atom is -0.274 e. The summed E-state index contributed by atoms with van der Waals surface area (Å²) < 4.78 is 37.6. The molecule has 0 radical (unpaired) electrons. The highest BCUT2D eigenvalue weighted by Gasteiger charge is 2.42. The molecule has 0 saturated heterocycles. The molecule has 9 heteroatoms. The van der Waals surface area contributed by atoms with E-state index in [0.717, 1.165) is 12.1 Å². The third-order valence-electron chi connectivity index (χ3n) is 2.11. The summed E-state index contributed by atoms with van der Waals surface area (Å²) in [5.41, 5.74) is -3.71. The Morgan fingerprint density at radius 3 is 2.69 bits per heavy atom. The molecule has 0 fully saturated rings. The van der Waals surface area contributed by atoms with Crippen molar-refractivity contribution in [3.05, 3.63) is 32.8 Å². The predicted octanol–water partition coefficient (Wildman–Crippen LogP) is 1.97. The summed E-state index contributed by atoms with van der Waals surface area (Å²) in [6.45, 7) is 0. The van der Waals surface area contributed by atoms with Crippen molar-refractivity contribution in [2.24, 2.45) is 0 Å². The summed E-state index contributed by atoms with van der Waals surface area (Å²) in [7, 11) is -4.27. The SMILES string of the molecule is O=[N+]([O-])c1ccc(Cl)c2c1NS(=O)(=O)C2F. The van der Waals surface area contributed by atoms with Crippen molar-refractivity contribution in [2.75, 3.05) is 4.72 Å². The summed E-state index contributed by atoms with van der Waals surface area (Å²) in [6.07, 6.45) is 0. The molecule has 1 aliphatic heterocycles. The molecule has 0 spiro atoms. The van der Waals surface area contributed by atoms with E-state index in [4.69, 9.17) is 11.6 Å². The molecule has 86 valence electrons. The molecular formula is C7H4ClFN2O4S. The molecule has 2 rings (SSSR count). The van der Waals surface area contributed by atoms with Gasteiger partial charge in [-0.1, -0.05) is 11.6 Å². The average Bonchev–Trinajstić information content (AvgIpc) is 2.38. The van der Waals surface area contributed by atoms with E-state index < -0.39 is 37.4 Å². The van der Waals surface area contributed by atoms with E-state index in [1.54, 1.807) is 4.72 Å². The van der Waals surface area contributed by atoms with Gasteiger partial charge >= 0.3 is 0 Å². The topological polar surface area (TPSA) is 89.3 Å². The Kier molecular flexibility index (Phi) is 2.28. The van der Waals surface area contributed by atoms with Gasteiger partial charge in [0.15, 0.2) is 0 Å². The molecule has 1 aromatic carbocycles. The number of nitrogens with one attached hydrogen (secondary N) is 1. The lowest BCUT2D eigenvalue weighted by atomic mass is 10.1. The molecule has 16 heavy (non-hydrogen) atoms. The minimum atomic E-state index is -4.27. The Bertz CT molecular complexity index is 588. The lowest BCUT2D eigenvalue weighted by Crippen LogP contribution is -2.09. The quantitative estimate of drug-likeness (QED) is 0.621. The highest BCUT2D eigenvalue weighted by Crippen LogP contribution is 2.46. The van der Waals surface area contributed by atoms with Gasteiger partial charge in [-0.15, -0.1) is 0 Å². The predicted molar refractivity (Wildman–Crippen MR) is 54.5 cm³/mol. The number of anilines is 1. The van der Waals surface area contributed by atoms with Crippen LogP contribution in [-0.4, -0.2) is 13.3 Å². The van der Waals surface area contributed by atoms with Crippen LogP contribution in [0.5, 0.6) is 0 Å². The molecular weight excluding hydrogens is 263 g/mol. The Balaban J connectivity index is 2.77. The molecule has 1 unspecified atom stereocenters. The van der Waals surface area contributed by atoms with E-state index in [1.807, 2.05) is 0 Å². The van der Waals surface area contributed by atoms with Crippen LogP contribution in [0.2, 0.25) is 5.02 Å². The Labute approximate surface area is 94.2 Å². The third-order valence-corrected chi connectivity index (χ3v) is 3.71. The van der Waals surface area contributed by atoms with Crippen molar-refractivity contribution >= 4 is 33.0 Å². The van der Waals surface area contributed by atoms with Crippen molar-refractivity contribution in [2.45, 2.75) is 5.50 Å². The summed E-state index contributed by atoms with van der Waals surface area (Å²) in [5.74, 6) is 0. The molecule has 0 aromatic heterocycles. The van der Waals surface area contributed by atoms with E-state index in [1.165, 1.54) is 0 Å². The summed E-state index contributed by atoms with van der Waals surface area (Å²) in [5, 5.41) is 10.4. The standard InChI is InChI=1S/C7H4ClFN2O4S/c8-3-1-2-4(11(12)13)6-5(3)7(9)16(14,15)10-6/h1-2,7,10H. The van der Waals surface area contributed by atoms with Gasteiger partial charge in [0.1, 0.15) is 5.69 Å². The first-order chi connectivity index (χ1) is 7.34. The Morgan fingerprint density at radius 2 is 2.12 bits per heavy atom. The molecule has 0 amide bonds. The summed E-state index contributed by atoms with van der Waals surface area (Å²) >= 11 is 5.60. The van der Waals surface area contributed by atoms with Gasteiger partial charge in [-0.25, -0.2) is 12.8 Å². The second-order valence-corrected chi connectivity index (χ2v) is 5.19. The smallest absolute Gasteiger partial charge is 0.274 e. The molecule has 0 aliphatic carbocycles. The fourth-order valence-corrected chi connectivity index (χ4v) is 2.89. The third kappa shape index (κ3) is 1.41. The molecule has 6 nitrogen and oxygen atoms in total. The maximum atomic E-state index is 13.4. The second kappa shape index (κ2) is 3.29. The highest BCUT2D eigenvalue weighted by molar-refractivity contribution is 7.93. The molecule has 0 bridgehead atoms. The van der Waals surface area contributed by atoms with Gasteiger partial charge < -0.3 is 0 Å². The van der Waals surface area contributed by atoms with E-state index >= 15 is 0 Å². The molecule has 1 aliphatic rings. The number of alkyl halides is 1. The zero-order chi connectivity index (χ0) is 12.1. The monoisotopic (exact) mass is 266 g/mol. The van der Waals surface area contributed by atoms with Gasteiger partial charge in [-0.05, 0) is 6.07 Å². The maximum Gasteiger partial charge on any atom is 0.293 e. The van der Waals surface area contributed by atoms with E-state index in [0.29, 0.717) is 0 Å². The van der Waals surface area contributed by atoms with Gasteiger partial charge in [0.2, 0.25) is 5.50 Å². The highest BCUT2D eigenvalue weighted by atomic mass is 35.5. The van der Waals surface area contributed by atoms with E-state index in [-0.39, 0.29) is 5.02 Å². The van der Waals surface area contributed by atoms with Crippen molar-refractivity contribution in [1.82, 2.24) is 0 Å². The maximum absolute atomic E-state index is 13.4. The number of nitrogens with zero attached hydrogens (tertiary/aromatic N) is 1. The van der Waals surface area contributed by atoms with Crippen LogP contribution in [0.1, 0.15) is 11.1 Å².